The highest BCUT2D eigenvalue weighted by molar-refractivity contribution is 7.79. The zero-order valence-electron chi connectivity index (χ0n) is 37.8. The highest BCUT2D eigenvalue weighted by atomic mass is 32.3. The molecule has 0 heterocycles. The van der Waals surface area contributed by atoms with Gasteiger partial charge in [-0.1, -0.05) is 157 Å². The molecule has 0 saturated carbocycles. The maximum Gasteiger partial charge on any atom is 0.0786 e. The van der Waals surface area contributed by atoms with Crippen LogP contribution in [0, 0.1) is 0 Å². The van der Waals surface area contributed by atoms with Gasteiger partial charge in [-0.2, -0.15) is 0 Å². The first-order valence-electron chi connectivity index (χ1n) is 23.9. The van der Waals surface area contributed by atoms with Crippen LogP contribution in [0.5, 0.6) is 0 Å². The van der Waals surface area contributed by atoms with Crippen molar-refractivity contribution in [3.8, 4) is 0 Å². The summed E-state index contributed by atoms with van der Waals surface area (Å²) in [7, 11) is -5.17. The second-order valence-electron chi connectivity index (χ2n) is 16.6. The lowest BCUT2D eigenvalue weighted by atomic mass is 10.1. The minimum Gasteiger partial charge on any atom is -0.759 e. The molecule has 0 bridgehead atoms. The molecule has 0 spiro atoms. The summed E-state index contributed by atoms with van der Waals surface area (Å²) in [6, 6.07) is 0. The SMILES string of the molecule is CCCCCCC[N+](CC)(CCCCCCC)CCCCCCC.CCCCCCC[N+](CC)(CCCCCCC)CCCCCCC.O=S(=O)([O-])[O-]. The van der Waals surface area contributed by atoms with E-state index in [-0.39, 0.29) is 0 Å². The van der Waals surface area contributed by atoms with Gasteiger partial charge in [-0.3, -0.25) is 8.42 Å². The number of hydrogen-bond donors (Lipinski definition) is 0. The first-order valence-corrected chi connectivity index (χ1v) is 25.2. The van der Waals surface area contributed by atoms with Crippen LogP contribution in [0.1, 0.15) is 248 Å². The quantitative estimate of drug-likeness (QED) is 0.0271. The van der Waals surface area contributed by atoms with Crippen molar-refractivity contribution in [2.24, 2.45) is 0 Å². The Morgan fingerprint density at radius 2 is 0.415 bits per heavy atom. The van der Waals surface area contributed by atoms with Crippen LogP contribution in [0.2, 0.25) is 0 Å². The van der Waals surface area contributed by atoms with Crippen molar-refractivity contribution >= 4 is 10.4 Å². The minimum absolute atomic E-state index is 1.36. The molecule has 0 aromatic heterocycles. The molecule has 0 saturated heterocycles. The van der Waals surface area contributed by atoms with E-state index in [1.54, 1.807) is 0 Å². The fraction of sp³-hybridized carbons (Fsp3) is 1.00. The van der Waals surface area contributed by atoms with Gasteiger partial charge in [0, 0.05) is 10.4 Å². The average Bonchev–Trinajstić information content (AvgIpc) is 3.13. The molecule has 0 rings (SSSR count). The van der Waals surface area contributed by atoms with Crippen molar-refractivity contribution in [1.29, 1.82) is 0 Å². The minimum atomic E-state index is -5.17. The van der Waals surface area contributed by atoms with Gasteiger partial charge in [0.1, 0.15) is 0 Å². The molecule has 7 heteroatoms. The summed E-state index contributed by atoms with van der Waals surface area (Å²) in [5.41, 5.74) is 0. The highest BCUT2D eigenvalue weighted by Crippen LogP contribution is 2.19. The van der Waals surface area contributed by atoms with Crippen LogP contribution in [0.3, 0.4) is 0 Å². The summed E-state index contributed by atoms with van der Waals surface area (Å²) < 4.78 is 36.9. The standard InChI is InChI=1S/2C23H50N.H2O4S/c2*1-5-9-12-15-18-21-24(8-4,22-19-16-13-10-6-2)23-20-17-14-11-7-3;1-5(2,3)4/h2*5-23H2,1-4H3;(H2,1,2,3,4)/q2*+1;/p-2. The smallest absolute Gasteiger partial charge is 0.0786 e. The number of nitrogens with zero attached hydrogens (tertiary/aromatic N) is 2. The van der Waals surface area contributed by atoms with Gasteiger partial charge in [0.05, 0.1) is 52.4 Å². The summed E-state index contributed by atoms with van der Waals surface area (Å²) in [5, 5.41) is 0. The Balaban J connectivity index is -0.000000835. The molecule has 0 aliphatic heterocycles. The normalized spacial score (nSPS) is 12.0. The molecule has 0 fully saturated rings. The molecule has 0 N–H and O–H groups in total. The second kappa shape index (κ2) is 42.9. The van der Waals surface area contributed by atoms with Crippen LogP contribution in [-0.2, 0) is 10.4 Å². The van der Waals surface area contributed by atoms with E-state index in [9.17, 15) is 0 Å². The second-order valence-corrected chi connectivity index (χ2v) is 17.4. The van der Waals surface area contributed by atoms with Crippen molar-refractivity contribution in [1.82, 2.24) is 0 Å². The van der Waals surface area contributed by atoms with Crippen LogP contribution >= 0.6 is 0 Å². The largest absolute Gasteiger partial charge is 0.759 e. The van der Waals surface area contributed by atoms with Crippen LogP contribution < -0.4 is 0 Å². The maximum atomic E-state index is 8.52. The molecule has 0 unspecified atom stereocenters. The van der Waals surface area contributed by atoms with Crippen LogP contribution in [0.4, 0.5) is 0 Å². The Kier molecular flexibility index (Phi) is 46.3. The van der Waals surface area contributed by atoms with Gasteiger partial charge in [-0.15, -0.1) is 0 Å². The number of unbranched alkanes of at least 4 members (excludes halogenated alkanes) is 24. The van der Waals surface area contributed by atoms with E-state index in [1.807, 2.05) is 0 Å². The molecule has 324 valence electrons. The van der Waals surface area contributed by atoms with Crippen molar-refractivity contribution in [3.05, 3.63) is 0 Å². The molecular formula is C46H100N2O4S. The van der Waals surface area contributed by atoms with Crippen LogP contribution in [-0.4, -0.2) is 78.8 Å². The van der Waals surface area contributed by atoms with E-state index in [1.165, 1.54) is 254 Å². The molecule has 0 aromatic carbocycles. The van der Waals surface area contributed by atoms with E-state index in [0.29, 0.717) is 0 Å². The number of hydrogen-bond acceptors (Lipinski definition) is 4. The van der Waals surface area contributed by atoms with Gasteiger partial charge in [0.15, 0.2) is 0 Å². The first kappa shape index (κ1) is 57.1. The van der Waals surface area contributed by atoms with Gasteiger partial charge in [0.2, 0.25) is 0 Å². The van der Waals surface area contributed by atoms with Crippen molar-refractivity contribution in [3.63, 3.8) is 0 Å². The number of quaternary nitrogens is 2. The predicted molar refractivity (Wildman–Crippen MR) is 234 cm³/mol. The summed E-state index contributed by atoms with van der Waals surface area (Å²) in [4.78, 5) is 0. The summed E-state index contributed by atoms with van der Waals surface area (Å²) >= 11 is 0. The third kappa shape index (κ3) is 44.4. The predicted octanol–water partition coefficient (Wildman–Crippen LogP) is 14.1. The third-order valence-electron chi connectivity index (χ3n) is 11.8. The zero-order valence-corrected chi connectivity index (χ0v) is 38.6. The highest BCUT2D eigenvalue weighted by Gasteiger charge is 2.25. The van der Waals surface area contributed by atoms with E-state index in [2.05, 4.69) is 55.4 Å². The lowest BCUT2D eigenvalue weighted by molar-refractivity contribution is -0.927. The lowest BCUT2D eigenvalue weighted by Crippen LogP contribution is -2.50. The van der Waals surface area contributed by atoms with Gasteiger partial charge < -0.3 is 18.1 Å². The molecule has 0 atom stereocenters. The Morgan fingerprint density at radius 1 is 0.283 bits per heavy atom. The van der Waals surface area contributed by atoms with Gasteiger partial charge >= 0.3 is 0 Å². The molecular weight excluding hydrogens is 677 g/mol. The van der Waals surface area contributed by atoms with Gasteiger partial charge in [-0.05, 0) is 90.9 Å². The zero-order chi connectivity index (χ0) is 40.4. The van der Waals surface area contributed by atoms with Gasteiger partial charge in [0.25, 0.3) is 0 Å². The molecule has 0 amide bonds. The van der Waals surface area contributed by atoms with Crippen molar-refractivity contribution in [2.75, 3.05) is 52.4 Å². The summed E-state index contributed by atoms with van der Waals surface area (Å²) in [5.74, 6) is 0. The summed E-state index contributed by atoms with van der Waals surface area (Å²) in [6.07, 6.45) is 43.0. The lowest BCUT2D eigenvalue weighted by Gasteiger charge is -2.38. The van der Waals surface area contributed by atoms with Gasteiger partial charge in [-0.25, -0.2) is 0 Å². The average molecular weight is 777 g/mol. The third-order valence-corrected chi connectivity index (χ3v) is 11.8. The fourth-order valence-corrected chi connectivity index (χ4v) is 7.92. The topological polar surface area (TPSA) is 80.3 Å². The monoisotopic (exact) mass is 777 g/mol. The van der Waals surface area contributed by atoms with E-state index in [4.69, 9.17) is 17.5 Å². The number of rotatable bonds is 38. The maximum absolute atomic E-state index is 8.52. The Morgan fingerprint density at radius 3 is 0.528 bits per heavy atom. The Bertz CT molecular complexity index is 662. The van der Waals surface area contributed by atoms with E-state index >= 15 is 0 Å². The van der Waals surface area contributed by atoms with Crippen molar-refractivity contribution in [2.45, 2.75) is 248 Å². The Labute approximate surface area is 336 Å². The molecule has 0 aromatic rings. The fourth-order valence-electron chi connectivity index (χ4n) is 7.92. The van der Waals surface area contributed by atoms with E-state index < -0.39 is 10.4 Å². The molecule has 0 radical (unpaired) electrons. The van der Waals surface area contributed by atoms with Crippen molar-refractivity contribution < 1.29 is 26.5 Å². The molecule has 6 nitrogen and oxygen atoms in total. The van der Waals surface area contributed by atoms with Crippen LogP contribution in [0.15, 0.2) is 0 Å². The van der Waals surface area contributed by atoms with Crippen LogP contribution in [0.25, 0.3) is 0 Å². The first-order chi connectivity index (χ1) is 25.5. The molecule has 0 aliphatic carbocycles. The Hall–Kier alpha value is -0.210. The molecule has 53 heavy (non-hydrogen) atoms. The molecule has 0 aliphatic rings. The summed E-state index contributed by atoms with van der Waals surface area (Å²) in [6.45, 7) is 30.2. The van der Waals surface area contributed by atoms with E-state index in [0.717, 1.165) is 0 Å².